The van der Waals surface area contributed by atoms with E-state index in [9.17, 15) is 13.2 Å². The molecular weight excluding hydrogens is 290 g/mol. The fourth-order valence-electron chi connectivity index (χ4n) is 2.70. The van der Waals surface area contributed by atoms with Gasteiger partial charge in [0.25, 0.3) is 5.91 Å². The van der Waals surface area contributed by atoms with Crippen LogP contribution in [-0.4, -0.2) is 48.8 Å². The molecule has 0 radical (unpaired) electrons. The Balaban J connectivity index is 1.86. The molecule has 1 aliphatic heterocycles. The van der Waals surface area contributed by atoms with Gasteiger partial charge < -0.3 is 15.6 Å². The zero-order valence-electron chi connectivity index (χ0n) is 11.7. The van der Waals surface area contributed by atoms with Crippen LogP contribution in [0.2, 0.25) is 0 Å². The second-order valence-electron chi connectivity index (χ2n) is 5.50. The lowest BCUT2D eigenvalue weighted by atomic mass is 10.2. The average Bonchev–Trinajstić information content (AvgIpc) is 2.99. The van der Waals surface area contributed by atoms with E-state index in [-0.39, 0.29) is 23.5 Å². The number of H-pyrrole nitrogens is 1. The maximum absolute atomic E-state index is 12.5. The van der Waals surface area contributed by atoms with Crippen molar-refractivity contribution in [3.8, 4) is 0 Å². The van der Waals surface area contributed by atoms with Gasteiger partial charge >= 0.3 is 0 Å². The first-order chi connectivity index (χ1) is 9.85. The summed E-state index contributed by atoms with van der Waals surface area (Å²) in [6.07, 6.45) is 0.498. The Kier molecular flexibility index (Phi) is 3.16. The van der Waals surface area contributed by atoms with E-state index in [0.29, 0.717) is 17.8 Å². The van der Waals surface area contributed by atoms with Gasteiger partial charge in [0.05, 0.1) is 11.5 Å². The van der Waals surface area contributed by atoms with Gasteiger partial charge in [0.1, 0.15) is 5.69 Å². The van der Waals surface area contributed by atoms with Gasteiger partial charge in [0.15, 0.2) is 9.84 Å². The molecule has 112 valence electrons. The number of aromatic amines is 1. The molecular formula is C14H17N3O3S. The molecule has 1 aromatic heterocycles. The van der Waals surface area contributed by atoms with Crippen molar-refractivity contribution in [1.82, 2.24) is 9.88 Å². The number of carbonyl (C=O) groups is 1. The van der Waals surface area contributed by atoms with Gasteiger partial charge in [0.2, 0.25) is 0 Å². The fourth-order valence-corrected chi connectivity index (χ4v) is 4.48. The molecule has 1 unspecified atom stereocenters. The number of anilines is 1. The number of nitrogens with two attached hydrogens (primary N) is 1. The maximum atomic E-state index is 12.5. The Morgan fingerprint density at radius 3 is 2.81 bits per heavy atom. The highest BCUT2D eigenvalue weighted by Gasteiger charge is 2.33. The van der Waals surface area contributed by atoms with Gasteiger partial charge in [-0.15, -0.1) is 0 Å². The topological polar surface area (TPSA) is 96.3 Å². The molecule has 2 heterocycles. The first-order valence-electron chi connectivity index (χ1n) is 6.71. The molecule has 1 atom stereocenters. The van der Waals surface area contributed by atoms with Crippen LogP contribution in [0, 0.1) is 0 Å². The number of nitrogen functional groups attached to an aromatic ring is 1. The molecule has 6 nitrogen and oxygen atoms in total. The number of hydrogen-bond donors (Lipinski definition) is 2. The van der Waals surface area contributed by atoms with E-state index in [1.165, 1.54) is 4.90 Å². The molecule has 1 saturated heterocycles. The summed E-state index contributed by atoms with van der Waals surface area (Å²) >= 11 is 0. The SMILES string of the molecule is CN(C(=O)c1cc2cc(N)ccc2[nH]1)C1CCS(=O)(=O)C1. The predicted molar refractivity (Wildman–Crippen MR) is 81.9 cm³/mol. The number of nitrogens with zero attached hydrogens (tertiary/aromatic N) is 1. The monoisotopic (exact) mass is 307 g/mol. The van der Waals surface area contributed by atoms with Gasteiger partial charge in [-0.25, -0.2) is 8.42 Å². The number of carbonyl (C=O) groups excluding carboxylic acids is 1. The Bertz CT molecular complexity index is 810. The minimum atomic E-state index is -3.01. The Morgan fingerprint density at radius 1 is 1.38 bits per heavy atom. The third kappa shape index (κ3) is 2.61. The summed E-state index contributed by atoms with van der Waals surface area (Å²) in [7, 11) is -1.36. The average molecular weight is 307 g/mol. The largest absolute Gasteiger partial charge is 0.399 e. The van der Waals surface area contributed by atoms with Crippen LogP contribution in [0.4, 0.5) is 5.69 Å². The molecule has 1 fully saturated rings. The molecule has 21 heavy (non-hydrogen) atoms. The molecule has 0 bridgehead atoms. The molecule has 3 N–H and O–H groups in total. The summed E-state index contributed by atoms with van der Waals surface area (Å²) in [6.45, 7) is 0. The van der Waals surface area contributed by atoms with Crippen molar-refractivity contribution in [3.63, 3.8) is 0 Å². The van der Waals surface area contributed by atoms with Crippen molar-refractivity contribution in [2.24, 2.45) is 0 Å². The van der Waals surface area contributed by atoms with Gasteiger partial charge in [0, 0.05) is 29.7 Å². The van der Waals surface area contributed by atoms with Crippen molar-refractivity contribution in [1.29, 1.82) is 0 Å². The number of fused-ring (bicyclic) bond motifs is 1. The number of sulfone groups is 1. The lowest BCUT2D eigenvalue weighted by Gasteiger charge is -2.22. The van der Waals surface area contributed by atoms with Crippen molar-refractivity contribution < 1.29 is 13.2 Å². The smallest absolute Gasteiger partial charge is 0.270 e. The molecule has 1 amide bonds. The maximum Gasteiger partial charge on any atom is 0.270 e. The van der Waals surface area contributed by atoms with Crippen LogP contribution >= 0.6 is 0 Å². The molecule has 0 spiro atoms. The summed E-state index contributed by atoms with van der Waals surface area (Å²) in [5.41, 5.74) is 7.64. The minimum Gasteiger partial charge on any atom is -0.399 e. The van der Waals surface area contributed by atoms with E-state index in [1.807, 2.05) is 6.07 Å². The summed E-state index contributed by atoms with van der Waals surface area (Å²) in [6, 6.07) is 6.87. The molecule has 2 aromatic rings. The van der Waals surface area contributed by atoms with E-state index in [0.717, 1.165) is 10.9 Å². The second-order valence-corrected chi connectivity index (χ2v) is 7.73. The van der Waals surface area contributed by atoms with Crippen molar-refractivity contribution in [2.75, 3.05) is 24.3 Å². The zero-order valence-corrected chi connectivity index (χ0v) is 12.5. The first-order valence-corrected chi connectivity index (χ1v) is 8.54. The van der Waals surface area contributed by atoms with Gasteiger partial charge in [-0.2, -0.15) is 0 Å². The van der Waals surface area contributed by atoms with E-state index in [4.69, 9.17) is 5.73 Å². The fraction of sp³-hybridized carbons (Fsp3) is 0.357. The van der Waals surface area contributed by atoms with Crippen molar-refractivity contribution in [3.05, 3.63) is 30.0 Å². The normalized spacial score (nSPS) is 20.7. The molecule has 0 saturated carbocycles. The Hall–Kier alpha value is -2.02. The quantitative estimate of drug-likeness (QED) is 0.809. The lowest BCUT2D eigenvalue weighted by Crippen LogP contribution is -2.37. The Labute approximate surface area is 122 Å². The third-order valence-corrected chi connectivity index (χ3v) is 5.70. The number of nitrogens with one attached hydrogen (secondary N) is 1. The highest BCUT2D eigenvalue weighted by molar-refractivity contribution is 7.91. The lowest BCUT2D eigenvalue weighted by molar-refractivity contribution is 0.0743. The predicted octanol–water partition coefficient (Wildman–Crippen LogP) is 1.01. The van der Waals surface area contributed by atoms with Gasteiger partial charge in [-0.05, 0) is 30.7 Å². The third-order valence-electron chi connectivity index (χ3n) is 3.95. The van der Waals surface area contributed by atoms with E-state index in [2.05, 4.69) is 4.98 Å². The standard InChI is InChI=1S/C14H17N3O3S/c1-17(11-4-5-21(19,20)8-11)14(18)13-7-9-6-10(15)2-3-12(9)16-13/h2-3,6-7,11,16H,4-5,8,15H2,1H3. The van der Waals surface area contributed by atoms with Crippen LogP contribution in [-0.2, 0) is 9.84 Å². The number of hydrogen-bond acceptors (Lipinski definition) is 4. The van der Waals surface area contributed by atoms with Crippen molar-refractivity contribution >= 4 is 32.3 Å². The number of benzene rings is 1. The van der Waals surface area contributed by atoms with Gasteiger partial charge in [-0.1, -0.05) is 0 Å². The van der Waals surface area contributed by atoms with Crippen LogP contribution < -0.4 is 5.73 Å². The molecule has 0 aliphatic carbocycles. The summed E-state index contributed by atoms with van der Waals surface area (Å²) in [4.78, 5) is 17.0. The van der Waals surface area contributed by atoms with E-state index in [1.54, 1.807) is 25.2 Å². The highest BCUT2D eigenvalue weighted by atomic mass is 32.2. The van der Waals surface area contributed by atoms with E-state index < -0.39 is 9.84 Å². The molecule has 1 aromatic carbocycles. The number of amides is 1. The second kappa shape index (κ2) is 4.77. The van der Waals surface area contributed by atoms with Crippen LogP contribution in [0.3, 0.4) is 0 Å². The van der Waals surface area contributed by atoms with E-state index >= 15 is 0 Å². The number of rotatable bonds is 2. The van der Waals surface area contributed by atoms with Crippen LogP contribution in [0.15, 0.2) is 24.3 Å². The summed E-state index contributed by atoms with van der Waals surface area (Å²) < 4.78 is 23.0. The first kappa shape index (κ1) is 13.9. The summed E-state index contributed by atoms with van der Waals surface area (Å²) in [5, 5.41) is 0.866. The minimum absolute atomic E-state index is 0.0441. The van der Waals surface area contributed by atoms with Crippen molar-refractivity contribution in [2.45, 2.75) is 12.5 Å². The molecule has 3 rings (SSSR count). The van der Waals surface area contributed by atoms with Crippen LogP contribution in [0.1, 0.15) is 16.9 Å². The number of aromatic nitrogens is 1. The zero-order chi connectivity index (χ0) is 15.2. The highest BCUT2D eigenvalue weighted by Crippen LogP contribution is 2.22. The Morgan fingerprint density at radius 2 is 2.14 bits per heavy atom. The molecule has 1 aliphatic rings. The van der Waals surface area contributed by atoms with Gasteiger partial charge in [-0.3, -0.25) is 4.79 Å². The van der Waals surface area contributed by atoms with Crippen LogP contribution in [0.25, 0.3) is 10.9 Å². The van der Waals surface area contributed by atoms with Crippen LogP contribution in [0.5, 0.6) is 0 Å². The molecule has 7 heteroatoms. The summed E-state index contributed by atoms with van der Waals surface area (Å²) in [5.74, 6) is -0.00660.